The maximum Gasteiger partial charge on any atom is 0.315 e. The number of hydrogen-bond donors (Lipinski definition) is 3. The fourth-order valence-electron chi connectivity index (χ4n) is 2.53. The molecule has 0 aliphatic heterocycles. The Bertz CT molecular complexity index is 337. The Morgan fingerprint density at radius 1 is 1.11 bits per heavy atom. The molecule has 1 atom stereocenters. The number of amides is 2. The van der Waals surface area contributed by atoms with E-state index in [9.17, 15) is 9.59 Å². The zero-order valence-electron chi connectivity index (χ0n) is 11.7. The molecule has 1 unspecified atom stereocenters. The molecule has 0 radical (unpaired) electrons. The van der Waals surface area contributed by atoms with Gasteiger partial charge in [-0.3, -0.25) is 4.79 Å². The Kier molecular flexibility index (Phi) is 4.32. The van der Waals surface area contributed by atoms with Gasteiger partial charge < -0.3 is 15.7 Å². The number of carboxylic acid groups (broad SMARTS) is 1. The Labute approximate surface area is 114 Å². The lowest BCUT2D eigenvalue weighted by atomic mass is 10.0. The molecule has 5 heteroatoms. The number of carbonyl (C=O) groups is 2. The molecule has 2 aliphatic rings. The quantitative estimate of drug-likeness (QED) is 0.660. The fraction of sp³-hybridized carbons (Fsp3) is 0.857. The minimum atomic E-state index is -0.875. The molecule has 2 saturated carbocycles. The van der Waals surface area contributed by atoms with Crippen molar-refractivity contribution in [2.75, 3.05) is 0 Å². The maximum atomic E-state index is 12.0. The molecule has 2 fully saturated rings. The average Bonchev–Trinajstić information content (AvgIpc) is 3.14. The van der Waals surface area contributed by atoms with Gasteiger partial charge in [-0.15, -0.1) is 0 Å². The van der Waals surface area contributed by atoms with Crippen molar-refractivity contribution in [1.82, 2.24) is 10.6 Å². The molecule has 0 bridgehead atoms. The van der Waals surface area contributed by atoms with Crippen LogP contribution in [-0.4, -0.2) is 29.2 Å². The summed E-state index contributed by atoms with van der Waals surface area (Å²) in [6, 6.07) is -0.210. The average molecular weight is 268 g/mol. The van der Waals surface area contributed by atoms with Gasteiger partial charge in [0.1, 0.15) is 0 Å². The van der Waals surface area contributed by atoms with Crippen molar-refractivity contribution in [3.8, 4) is 0 Å². The first-order valence-corrected chi connectivity index (χ1v) is 7.26. The number of urea groups is 1. The Morgan fingerprint density at radius 2 is 1.63 bits per heavy atom. The zero-order valence-corrected chi connectivity index (χ0v) is 11.7. The summed E-state index contributed by atoms with van der Waals surface area (Å²) in [5.74, 6) is 0.535. The van der Waals surface area contributed by atoms with Crippen LogP contribution in [0.25, 0.3) is 0 Å². The van der Waals surface area contributed by atoms with Crippen molar-refractivity contribution in [1.29, 1.82) is 0 Å². The second kappa shape index (κ2) is 5.80. The van der Waals surface area contributed by atoms with Gasteiger partial charge in [0.2, 0.25) is 0 Å². The first-order valence-electron chi connectivity index (χ1n) is 7.26. The topological polar surface area (TPSA) is 78.4 Å². The van der Waals surface area contributed by atoms with E-state index in [1.165, 1.54) is 25.7 Å². The van der Waals surface area contributed by atoms with Crippen molar-refractivity contribution in [3.63, 3.8) is 0 Å². The highest BCUT2D eigenvalue weighted by molar-refractivity contribution is 5.76. The van der Waals surface area contributed by atoms with Gasteiger partial charge in [0, 0.05) is 12.1 Å². The number of rotatable bonds is 7. The summed E-state index contributed by atoms with van der Waals surface area (Å²) in [7, 11) is 0. The summed E-state index contributed by atoms with van der Waals surface area (Å²) >= 11 is 0. The normalized spacial score (nSPS) is 20.4. The molecular weight excluding hydrogens is 244 g/mol. The number of carbonyl (C=O) groups excluding carboxylic acids is 1. The van der Waals surface area contributed by atoms with Gasteiger partial charge in [0.25, 0.3) is 0 Å². The Hall–Kier alpha value is -1.26. The molecule has 3 N–H and O–H groups in total. The molecule has 0 aromatic rings. The van der Waals surface area contributed by atoms with E-state index in [0.717, 1.165) is 0 Å². The van der Waals surface area contributed by atoms with E-state index in [1.54, 1.807) is 0 Å². The van der Waals surface area contributed by atoms with Gasteiger partial charge in [-0.05, 0) is 43.4 Å². The highest BCUT2D eigenvalue weighted by Crippen LogP contribution is 2.44. The summed E-state index contributed by atoms with van der Waals surface area (Å²) in [6.07, 6.45) is 4.82. The lowest BCUT2D eigenvalue weighted by Gasteiger charge is -2.24. The summed E-state index contributed by atoms with van der Waals surface area (Å²) in [5, 5.41) is 14.7. The third kappa shape index (κ3) is 4.40. The highest BCUT2D eigenvalue weighted by Gasteiger charge is 2.42. The van der Waals surface area contributed by atoms with E-state index in [0.29, 0.717) is 17.9 Å². The second-order valence-corrected chi connectivity index (χ2v) is 6.27. The van der Waals surface area contributed by atoms with Crippen LogP contribution in [0.4, 0.5) is 4.79 Å². The van der Waals surface area contributed by atoms with Gasteiger partial charge in [0.15, 0.2) is 0 Å². The minimum Gasteiger partial charge on any atom is -0.481 e. The fourth-order valence-corrected chi connectivity index (χ4v) is 2.53. The first-order chi connectivity index (χ1) is 8.97. The summed E-state index contributed by atoms with van der Waals surface area (Å²) in [6.45, 7) is 3.85. The van der Waals surface area contributed by atoms with Crippen LogP contribution >= 0.6 is 0 Å². The summed E-state index contributed by atoms with van der Waals surface area (Å²) < 4.78 is 0. The molecule has 2 amide bonds. The van der Waals surface area contributed by atoms with Crippen LogP contribution in [-0.2, 0) is 4.79 Å². The van der Waals surface area contributed by atoms with Gasteiger partial charge in [0.05, 0.1) is 6.42 Å². The van der Waals surface area contributed by atoms with Gasteiger partial charge in [-0.1, -0.05) is 13.8 Å². The second-order valence-electron chi connectivity index (χ2n) is 6.27. The van der Waals surface area contributed by atoms with Gasteiger partial charge in [-0.2, -0.15) is 0 Å². The van der Waals surface area contributed by atoms with Crippen molar-refractivity contribution >= 4 is 12.0 Å². The van der Waals surface area contributed by atoms with Crippen LogP contribution in [0.5, 0.6) is 0 Å². The minimum absolute atomic E-state index is 0.0252. The van der Waals surface area contributed by atoms with Crippen molar-refractivity contribution in [2.24, 2.45) is 17.8 Å². The summed E-state index contributed by atoms with van der Waals surface area (Å²) in [5.41, 5.74) is 0. The number of aliphatic carboxylic acids is 1. The third-order valence-electron chi connectivity index (χ3n) is 4.07. The molecule has 0 heterocycles. The number of hydrogen-bond acceptors (Lipinski definition) is 2. The van der Waals surface area contributed by atoms with E-state index in [1.807, 2.05) is 13.8 Å². The number of carboxylic acids is 1. The van der Waals surface area contributed by atoms with Crippen LogP contribution in [0, 0.1) is 17.8 Å². The molecule has 0 aromatic carbocycles. The van der Waals surface area contributed by atoms with E-state index >= 15 is 0 Å². The van der Waals surface area contributed by atoms with E-state index in [-0.39, 0.29) is 24.4 Å². The van der Waals surface area contributed by atoms with Crippen molar-refractivity contribution in [3.05, 3.63) is 0 Å². The summed E-state index contributed by atoms with van der Waals surface area (Å²) in [4.78, 5) is 22.8. The molecule has 2 aliphatic carbocycles. The maximum absolute atomic E-state index is 12.0. The standard InChI is InChI=1S/C14H24N2O3/c1-8(2)11(7-12(17)18)15-14(19)16-13(9-3-4-9)10-5-6-10/h8-11,13H,3-7H2,1-2H3,(H,17,18)(H2,15,16,19). The molecule has 0 spiro atoms. The predicted molar refractivity (Wildman–Crippen MR) is 71.8 cm³/mol. The van der Waals surface area contributed by atoms with Gasteiger partial charge >= 0.3 is 12.0 Å². The van der Waals surface area contributed by atoms with Crippen LogP contribution in [0.2, 0.25) is 0 Å². The molecule has 0 saturated heterocycles. The lowest BCUT2D eigenvalue weighted by molar-refractivity contribution is -0.137. The predicted octanol–water partition coefficient (Wildman–Crippen LogP) is 1.97. The van der Waals surface area contributed by atoms with E-state index < -0.39 is 5.97 Å². The highest BCUT2D eigenvalue weighted by atomic mass is 16.4. The van der Waals surface area contributed by atoms with Crippen LogP contribution in [0.1, 0.15) is 46.0 Å². The molecule has 2 rings (SSSR count). The van der Waals surface area contributed by atoms with Crippen molar-refractivity contribution < 1.29 is 14.7 Å². The SMILES string of the molecule is CC(C)C(CC(=O)O)NC(=O)NC(C1CC1)C1CC1. The smallest absolute Gasteiger partial charge is 0.315 e. The van der Waals surface area contributed by atoms with Crippen LogP contribution in [0.3, 0.4) is 0 Å². The monoisotopic (exact) mass is 268 g/mol. The van der Waals surface area contributed by atoms with E-state index in [4.69, 9.17) is 5.11 Å². The molecule has 108 valence electrons. The molecule has 0 aromatic heterocycles. The zero-order chi connectivity index (χ0) is 14.0. The van der Waals surface area contributed by atoms with E-state index in [2.05, 4.69) is 10.6 Å². The van der Waals surface area contributed by atoms with Gasteiger partial charge in [-0.25, -0.2) is 4.79 Å². The van der Waals surface area contributed by atoms with Crippen LogP contribution in [0.15, 0.2) is 0 Å². The van der Waals surface area contributed by atoms with Crippen LogP contribution < -0.4 is 10.6 Å². The molecular formula is C14H24N2O3. The first kappa shape index (κ1) is 14.2. The lowest BCUT2D eigenvalue weighted by Crippen LogP contribution is -2.49. The third-order valence-corrected chi connectivity index (χ3v) is 4.07. The number of nitrogens with one attached hydrogen (secondary N) is 2. The largest absolute Gasteiger partial charge is 0.481 e. The Balaban J connectivity index is 1.82. The molecule has 5 nitrogen and oxygen atoms in total. The molecule has 19 heavy (non-hydrogen) atoms. The van der Waals surface area contributed by atoms with Crippen molar-refractivity contribution in [2.45, 2.75) is 58.0 Å². The Morgan fingerprint density at radius 3 is 2.00 bits per heavy atom.